The van der Waals surface area contributed by atoms with Crippen LogP contribution >= 0.6 is 11.8 Å². The molecule has 2 atom stereocenters. The van der Waals surface area contributed by atoms with E-state index < -0.39 is 5.97 Å². The van der Waals surface area contributed by atoms with E-state index in [1.54, 1.807) is 0 Å². The smallest absolute Gasteiger partial charge is 0.316 e. The van der Waals surface area contributed by atoms with Crippen LogP contribution in [-0.2, 0) is 4.79 Å². The minimum atomic E-state index is -0.714. The van der Waals surface area contributed by atoms with Crippen molar-refractivity contribution in [1.82, 2.24) is 0 Å². The van der Waals surface area contributed by atoms with Crippen molar-refractivity contribution in [1.29, 1.82) is 0 Å². The Labute approximate surface area is 115 Å². The Morgan fingerprint density at radius 2 is 1.72 bits per heavy atom. The van der Waals surface area contributed by atoms with Crippen molar-refractivity contribution >= 4 is 17.7 Å². The van der Waals surface area contributed by atoms with E-state index >= 15 is 0 Å². The topological polar surface area (TPSA) is 57.5 Å². The number of carboxylic acid groups (broad SMARTS) is 1. The second-order valence-electron chi connectivity index (χ2n) is 4.78. The summed E-state index contributed by atoms with van der Waals surface area (Å²) in [5, 5.41) is 18.5. The lowest BCUT2D eigenvalue weighted by atomic mass is 10.1. The highest BCUT2D eigenvalue weighted by Gasteiger charge is 2.17. The molecule has 0 radical (unpaired) electrons. The van der Waals surface area contributed by atoms with Gasteiger partial charge in [-0.3, -0.25) is 4.79 Å². The number of unbranched alkanes of at least 4 members (excludes halogenated alkanes) is 3. The van der Waals surface area contributed by atoms with Crippen LogP contribution in [0.25, 0.3) is 0 Å². The first kappa shape index (κ1) is 17.8. The summed E-state index contributed by atoms with van der Waals surface area (Å²) in [6.07, 6.45) is 7.43. The molecular formula is C14H28O3S. The van der Waals surface area contributed by atoms with Gasteiger partial charge in [-0.25, -0.2) is 0 Å². The summed E-state index contributed by atoms with van der Waals surface area (Å²) < 4.78 is 0. The van der Waals surface area contributed by atoms with E-state index in [1.807, 2.05) is 0 Å². The van der Waals surface area contributed by atoms with Crippen molar-refractivity contribution < 1.29 is 15.0 Å². The molecule has 0 aromatic rings. The molecule has 108 valence electrons. The summed E-state index contributed by atoms with van der Waals surface area (Å²) in [7, 11) is 0. The normalized spacial score (nSPS) is 14.4. The van der Waals surface area contributed by atoms with Gasteiger partial charge >= 0.3 is 5.97 Å². The third kappa shape index (κ3) is 9.77. The van der Waals surface area contributed by atoms with Gasteiger partial charge in [-0.15, -0.1) is 11.8 Å². The Hall–Kier alpha value is -0.220. The van der Waals surface area contributed by atoms with Crippen LogP contribution in [0.5, 0.6) is 0 Å². The molecule has 0 aliphatic carbocycles. The number of hydrogen-bond acceptors (Lipinski definition) is 3. The van der Waals surface area contributed by atoms with Crippen LogP contribution in [-0.4, -0.2) is 33.3 Å². The second kappa shape index (κ2) is 11.8. The molecule has 0 saturated heterocycles. The molecule has 0 heterocycles. The van der Waals surface area contributed by atoms with E-state index in [0.717, 1.165) is 37.9 Å². The van der Waals surface area contributed by atoms with Crippen LogP contribution in [0.15, 0.2) is 0 Å². The van der Waals surface area contributed by atoms with Crippen molar-refractivity contribution in [2.24, 2.45) is 0 Å². The lowest BCUT2D eigenvalue weighted by Crippen LogP contribution is -2.18. The minimum absolute atomic E-state index is 0.260. The first-order chi connectivity index (χ1) is 8.61. The molecule has 0 bridgehead atoms. The van der Waals surface area contributed by atoms with Crippen LogP contribution in [0.4, 0.5) is 0 Å². The van der Waals surface area contributed by atoms with E-state index in [4.69, 9.17) is 5.11 Å². The standard InChI is InChI=1S/C14H28O3S/c1-3-5-7-8-12(15)10-11-18-13(14(16)17)9-6-4-2/h12-13,15H,3-11H2,1-2H3,(H,16,17). The monoisotopic (exact) mass is 276 g/mol. The van der Waals surface area contributed by atoms with Gasteiger partial charge in [0, 0.05) is 0 Å². The predicted molar refractivity (Wildman–Crippen MR) is 78.2 cm³/mol. The van der Waals surface area contributed by atoms with Crippen LogP contribution in [0.3, 0.4) is 0 Å². The molecular weight excluding hydrogens is 248 g/mol. The third-order valence-corrected chi connectivity index (χ3v) is 4.32. The first-order valence-electron chi connectivity index (χ1n) is 7.14. The lowest BCUT2D eigenvalue weighted by Gasteiger charge is -2.13. The van der Waals surface area contributed by atoms with Crippen LogP contribution in [0.2, 0.25) is 0 Å². The summed E-state index contributed by atoms with van der Waals surface area (Å²) in [5.74, 6) is 0.0301. The number of carboxylic acids is 1. The number of thioether (sulfide) groups is 1. The molecule has 0 amide bonds. The van der Waals surface area contributed by atoms with Crippen molar-refractivity contribution in [3.63, 3.8) is 0 Å². The molecule has 0 aromatic carbocycles. The summed E-state index contributed by atoms with van der Waals surface area (Å²) in [5.41, 5.74) is 0. The molecule has 0 rings (SSSR count). The van der Waals surface area contributed by atoms with Gasteiger partial charge in [0.15, 0.2) is 0 Å². The molecule has 3 nitrogen and oxygen atoms in total. The Kier molecular flexibility index (Phi) is 11.7. The van der Waals surface area contributed by atoms with Crippen molar-refractivity contribution in [2.75, 3.05) is 5.75 Å². The van der Waals surface area contributed by atoms with Gasteiger partial charge in [-0.05, 0) is 25.0 Å². The number of aliphatic hydroxyl groups excluding tert-OH is 1. The molecule has 0 spiro atoms. The predicted octanol–water partition coefficient (Wildman–Crippen LogP) is 3.69. The number of hydrogen-bond donors (Lipinski definition) is 2. The SMILES string of the molecule is CCCCCC(O)CCSC(CCCC)C(=O)O. The Morgan fingerprint density at radius 1 is 1.06 bits per heavy atom. The van der Waals surface area contributed by atoms with Gasteiger partial charge in [0.2, 0.25) is 0 Å². The molecule has 0 aliphatic heterocycles. The first-order valence-corrected chi connectivity index (χ1v) is 8.19. The largest absolute Gasteiger partial charge is 0.480 e. The number of rotatable bonds is 12. The van der Waals surface area contributed by atoms with E-state index in [1.165, 1.54) is 24.6 Å². The van der Waals surface area contributed by atoms with Gasteiger partial charge in [0.05, 0.1) is 6.10 Å². The summed E-state index contributed by atoms with van der Waals surface area (Å²) in [4.78, 5) is 11.0. The Bertz CT molecular complexity index is 209. The van der Waals surface area contributed by atoms with E-state index in [2.05, 4.69) is 13.8 Å². The van der Waals surface area contributed by atoms with Gasteiger partial charge in [0.25, 0.3) is 0 Å². The Morgan fingerprint density at radius 3 is 2.28 bits per heavy atom. The fraction of sp³-hybridized carbons (Fsp3) is 0.929. The summed E-state index contributed by atoms with van der Waals surface area (Å²) in [6.45, 7) is 4.22. The molecule has 4 heteroatoms. The number of aliphatic carboxylic acids is 1. The highest BCUT2D eigenvalue weighted by atomic mass is 32.2. The maximum absolute atomic E-state index is 11.0. The van der Waals surface area contributed by atoms with Crippen molar-refractivity contribution in [3.05, 3.63) is 0 Å². The molecule has 2 unspecified atom stereocenters. The molecule has 2 N–H and O–H groups in total. The van der Waals surface area contributed by atoms with Crippen LogP contribution in [0, 0.1) is 0 Å². The molecule has 18 heavy (non-hydrogen) atoms. The molecule has 0 fully saturated rings. The lowest BCUT2D eigenvalue weighted by molar-refractivity contribution is -0.136. The van der Waals surface area contributed by atoms with E-state index in [9.17, 15) is 9.90 Å². The van der Waals surface area contributed by atoms with Gasteiger partial charge in [-0.2, -0.15) is 0 Å². The van der Waals surface area contributed by atoms with E-state index in [-0.39, 0.29) is 11.4 Å². The summed E-state index contributed by atoms with van der Waals surface area (Å²) >= 11 is 1.48. The fourth-order valence-corrected chi connectivity index (χ4v) is 2.96. The zero-order valence-corrected chi connectivity index (χ0v) is 12.5. The van der Waals surface area contributed by atoms with Crippen molar-refractivity contribution in [2.45, 2.75) is 76.6 Å². The summed E-state index contributed by atoms with van der Waals surface area (Å²) in [6, 6.07) is 0. The fourth-order valence-electron chi connectivity index (χ4n) is 1.79. The second-order valence-corrected chi connectivity index (χ2v) is 6.09. The Balaban J connectivity index is 3.67. The third-order valence-electron chi connectivity index (χ3n) is 3.01. The van der Waals surface area contributed by atoms with Crippen LogP contribution < -0.4 is 0 Å². The molecule has 0 saturated carbocycles. The number of aliphatic hydroxyl groups is 1. The molecule has 0 aromatic heterocycles. The minimum Gasteiger partial charge on any atom is -0.480 e. The average Bonchev–Trinajstić information content (AvgIpc) is 2.33. The average molecular weight is 276 g/mol. The number of carbonyl (C=O) groups is 1. The zero-order valence-electron chi connectivity index (χ0n) is 11.7. The zero-order chi connectivity index (χ0) is 13.8. The highest BCUT2D eigenvalue weighted by molar-refractivity contribution is 8.00. The maximum Gasteiger partial charge on any atom is 0.316 e. The van der Waals surface area contributed by atoms with Gasteiger partial charge in [0.1, 0.15) is 5.25 Å². The van der Waals surface area contributed by atoms with Gasteiger partial charge in [-0.1, -0.05) is 46.0 Å². The van der Waals surface area contributed by atoms with Crippen LogP contribution in [0.1, 0.15) is 65.2 Å². The van der Waals surface area contributed by atoms with Gasteiger partial charge < -0.3 is 10.2 Å². The van der Waals surface area contributed by atoms with E-state index in [0.29, 0.717) is 6.42 Å². The highest BCUT2D eigenvalue weighted by Crippen LogP contribution is 2.20. The van der Waals surface area contributed by atoms with Crippen molar-refractivity contribution in [3.8, 4) is 0 Å². The quantitative estimate of drug-likeness (QED) is 0.534. The molecule has 0 aliphatic rings. The maximum atomic E-state index is 11.0.